The van der Waals surface area contributed by atoms with Crippen molar-refractivity contribution in [3.8, 4) is 5.75 Å². The first-order valence-corrected chi connectivity index (χ1v) is 11.2. The van der Waals surface area contributed by atoms with Crippen LogP contribution in [-0.2, 0) is 24.1 Å². The van der Waals surface area contributed by atoms with Crippen molar-refractivity contribution in [1.82, 2.24) is 15.3 Å². The van der Waals surface area contributed by atoms with Gasteiger partial charge in [0.2, 0.25) is 5.91 Å². The van der Waals surface area contributed by atoms with E-state index >= 15 is 0 Å². The van der Waals surface area contributed by atoms with Gasteiger partial charge in [0, 0.05) is 18.4 Å². The minimum atomic E-state index is -0.279. The summed E-state index contributed by atoms with van der Waals surface area (Å²) in [6.07, 6.45) is 2.71. The van der Waals surface area contributed by atoms with Gasteiger partial charge in [0.15, 0.2) is 0 Å². The monoisotopic (exact) mass is 431 g/mol. The minimum Gasteiger partial charge on any atom is -0.493 e. The molecule has 4 rings (SSSR count). The number of fused-ring (bicyclic) bond motifs is 1. The summed E-state index contributed by atoms with van der Waals surface area (Å²) in [5.74, 6) is 1.62. The summed E-state index contributed by atoms with van der Waals surface area (Å²) in [5, 5.41) is 3.16. The van der Waals surface area contributed by atoms with Gasteiger partial charge in [-0.25, -0.2) is 4.98 Å². The van der Waals surface area contributed by atoms with E-state index in [1.54, 1.807) is 0 Å². The Kier molecular flexibility index (Phi) is 6.69. The number of nitrogens with one attached hydrogen (secondary N) is 2. The number of benzene rings is 2. The normalized spacial score (nSPS) is 13.8. The third kappa shape index (κ3) is 5.44. The molecule has 32 heavy (non-hydrogen) atoms. The Labute approximate surface area is 188 Å². The SMILES string of the molecule is CC(C)c1nc(CC(NC(=O)Cc2ccc3c(c2)CCCO3)c2ccccc2)cc(=O)[nH]1. The van der Waals surface area contributed by atoms with Gasteiger partial charge in [-0.1, -0.05) is 56.3 Å². The molecule has 0 fully saturated rings. The Morgan fingerprint density at radius 1 is 1.16 bits per heavy atom. The Bertz CT molecular complexity index is 1140. The van der Waals surface area contributed by atoms with Crippen LogP contribution in [0.2, 0.25) is 0 Å². The van der Waals surface area contributed by atoms with E-state index in [0.717, 1.165) is 41.9 Å². The zero-order chi connectivity index (χ0) is 22.5. The largest absolute Gasteiger partial charge is 0.493 e. The number of hydrogen-bond donors (Lipinski definition) is 2. The van der Waals surface area contributed by atoms with Crippen molar-refractivity contribution < 1.29 is 9.53 Å². The van der Waals surface area contributed by atoms with Crippen LogP contribution < -0.4 is 15.6 Å². The lowest BCUT2D eigenvalue weighted by Gasteiger charge is -2.20. The van der Waals surface area contributed by atoms with Gasteiger partial charge in [0.1, 0.15) is 11.6 Å². The molecule has 0 spiro atoms. The maximum Gasteiger partial charge on any atom is 0.251 e. The lowest BCUT2D eigenvalue weighted by molar-refractivity contribution is -0.121. The predicted molar refractivity (Wildman–Crippen MR) is 124 cm³/mol. The van der Waals surface area contributed by atoms with Crippen LogP contribution in [-0.4, -0.2) is 22.5 Å². The fraction of sp³-hybridized carbons (Fsp3) is 0.346. The number of aryl methyl sites for hydroxylation is 1. The molecular weight excluding hydrogens is 402 g/mol. The van der Waals surface area contributed by atoms with E-state index in [1.165, 1.54) is 6.07 Å². The lowest BCUT2D eigenvalue weighted by Crippen LogP contribution is -2.32. The number of nitrogens with zero attached hydrogens (tertiary/aromatic N) is 1. The summed E-state index contributed by atoms with van der Waals surface area (Å²) in [4.78, 5) is 32.5. The molecule has 0 aliphatic carbocycles. The van der Waals surface area contributed by atoms with Crippen molar-refractivity contribution in [2.24, 2.45) is 0 Å². The lowest BCUT2D eigenvalue weighted by atomic mass is 9.99. The van der Waals surface area contributed by atoms with Crippen LogP contribution in [0.3, 0.4) is 0 Å². The Hall–Kier alpha value is -3.41. The number of rotatable bonds is 7. The molecule has 0 saturated carbocycles. The molecule has 1 amide bonds. The van der Waals surface area contributed by atoms with Crippen molar-refractivity contribution in [3.63, 3.8) is 0 Å². The van der Waals surface area contributed by atoms with E-state index in [2.05, 4.69) is 21.4 Å². The molecule has 1 aliphatic heterocycles. The number of carbonyl (C=O) groups is 1. The summed E-state index contributed by atoms with van der Waals surface area (Å²) >= 11 is 0. The van der Waals surface area contributed by atoms with Crippen molar-refractivity contribution in [3.05, 3.63) is 93.2 Å². The highest BCUT2D eigenvalue weighted by Crippen LogP contribution is 2.26. The first-order valence-electron chi connectivity index (χ1n) is 11.2. The van der Waals surface area contributed by atoms with Crippen molar-refractivity contribution in [2.45, 2.75) is 51.5 Å². The van der Waals surface area contributed by atoms with Crippen molar-refractivity contribution >= 4 is 5.91 Å². The summed E-state index contributed by atoms with van der Waals surface area (Å²) in [7, 11) is 0. The first kappa shape index (κ1) is 21.8. The minimum absolute atomic E-state index is 0.0653. The third-order valence-electron chi connectivity index (χ3n) is 5.65. The van der Waals surface area contributed by atoms with Gasteiger partial charge < -0.3 is 15.0 Å². The van der Waals surface area contributed by atoms with Gasteiger partial charge in [-0.2, -0.15) is 0 Å². The number of aromatic nitrogens is 2. The predicted octanol–water partition coefficient (Wildman–Crippen LogP) is 3.86. The molecule has 1 aromatic heterocycles. The van der Waals surface area contributed by atoms with Gasteiger partial charge in [-0.3, -0.25) is 9.59 Å². The third-order valence-corrected chi connectivity index (χ3v) is 5.65. The highest BCUT2D eigenvalue weighted by molar-refractivity contribution is 5.79. The molecule has 0 bridgehead atoms. The van der Waals surface area contributed by atoms with Gasteiger partial charge in [0.05, 0.1) is 24.8 Å². The number of carbonyl (C=O) groups excluding carboxylic acids is 1. The van der Waals surface area contributed by atoms with Gasteiger partial charge in [0.25, 0.3) is 5.56 Å². The van der Waals surface area contributed by atoms with E-state index in [0.29, 0.717) is 17.9 Å². The second-order valence-corrected chi connectivity index (χ2v) is 8.58. The van der Waals surface area contributed by atoms with Crippen LogP contribution in [0, 0.1) is 0 Å². The summed E-state index contributed by atoms with van der Waals surface area (Å²) in [6.45, 7) is 4.73. The first-order chi connectivity index (χ1) is 15.5. The van der Waals surface area contributed by atoms with Crippen LogP contribution in [0.5, 0.6) is 5.75 Å². The van der Waals surface area contributed by atoms with E-state index in [4.69, 9.17) is 4.74 Å². The van der Waals surface area contributed by atoms with Crippen molar-refractivity contribution in [2.75, 3.05) is 6.61 Å². The van der Waals surface area contributed by atoms with E-state index < -0.39 is 0 Å². The molecular formula is C26H29N3O3. The fourth-order valence-electron chi connectivity index (χ4n) is 4.01. The Balaban J connectivity index is 1.52. The Morgan fingerprint density at radius 3 is 2.75 bits per heavy atom. The molecule has 1 unspecified atom stereocenters. The second kappa shape index (κ2) is 9.81. The summed E-state index contributed by atoms with van der Waals surface area (Å²) < 4.78 is 5.67. The molecule has 2 heterocycles. The zero-order valence-corrected chi connectivity index (χ0v) is 18.6. The molecule has 0 radical (unpaired) electrons. The van der Waals surface area contributed by atoms with Gasteiger partial charge in [-0.05, 0) is 35.6 Å². The van der Waals surface area contributed by atoms with Crippen LogP contribution in [0.25, 0.3) is 0 Å². The van der Waals surface area contributed by atoms with E-state index in [-0.39, 0.29) is 29.8 Å². The average molecular weight is 432 g/mol. The van der Waals surface area contributed by atoms with Crippen molar-refractivity contribution in [1.29, 1.82) is 0 Å². The topological polar surface area (TPSA) is 84.1 Å². The number of ether oxygens (including phenoxy) is 1. The fourth-order valence-corrected chi connectivity index (χ4v) is 4.01. The number of H-pyrrole nitrogens is 1. The highest BCUT2D eigenvalue weighted by atomic mass is 16.5. The molecule has 3 aromatic rings. The average Bonchev–Trinajstić information content (AvgIpc) is 2.78. The van der Waals surface area contributed by atoms with Gasteiger partial charge >= 0.3 is 0 Å². The molecule has 1 atom stereocenters. The maximum absolute atomic E-state index is 13.0. The number of aromatic amines is 1. The molecule has 0 saturated heterocycles. The molecule has 2 aromatic carbocycles. The standard InChI is InChI=1S/C26H29N3O3/c1-17(2)26-27-21(16-25(31)29-26)15-22(19-7-4-3-5-8-19)28-24(30)14-18-10-11-23-20(13-18)9-6-12-32-23/h3-5,7-8,10-11,13,16-17,22H,6,9,12,14-15H2,1-2H3,(H,28,30)(H,27,29,31). The Morgan fingerprint density at radius 2 is 1.97 bits per heavy atom. The van der Waals surface area contributed by atoms with E-state index in [9.17, 15) is 9.59 Å². The smallest absolute Gasteiger partial charge is 0.251 e. The number of hydrogen-bond acceptors (Lipinski definition) is 4. The van der Waals surface area contributed by atoms with Crippen LogP contribution in [0.4, 0.5) is 0 Å². The zero-order valence-electron chi connectivity index (χ0n) is 18.6. The second-order valence-electron chi connectivity index (χ2n) is 8.58. The van der Waals surface area contributed by atoms with Gasteiger partial charge in [-0.15, -0.1) is 0 Å². The molecule has 6 heteroatoms. The van der Waals surface area contributed by atoms with E-state index in [1.807, 2.05) is 56.3 Å². The molecule has 166 valence electrons. The highest BCUT2D eigenvalue weighted by Gasteiger charge is 2.18. The molecule has 2 N–H and O–H groups in total. The molecule has 6 nitrogen and oxygen atoms in total. The van der Waals surface area contributed by atoms with Crippen LogP contribution in [0.1, 0.15) is 60.4 Å². The summed E-state index contributed by atoms with van der Waals surface area (Å²) in [5.41, 5.74) is 3.60. The van der Waals surface area contributed by atoms with Crippen LogP contribution >= 0.6 is 0 Å². The number of amides is 1. The molecule has 1 aliphatic rings. The quantitative estimate of drug-likeness (QED) is 0.595. The summed E-state index contributed by atoms with van der Waals surface area (Å²) in [6, 6.07) is 17.0. The van der Waals surface area contributed by atoms with Crippen LogP contribution in [0.15, 0.2) is 59.4 Å². The maximum atomic E-state index is 13.0.